The highest BCUT2D eigenvalue weighted by molar-refractivity contribution is 7.26. The first-order chi connectivity index (χ1) is 31.6. The summed E-state index contributed by atoms with van der Waals surface area (Å²) in [6, 6.07) is 64.6. The third-order valence-electron chi connectivity index (χ3n) is 12.8. The molecule has 8 aromatic carbocycles. The van der Waals surface area contributed by atoms with Crippen LogP contribution in [0.5, 0.6) is 0 Å². The Morgan fingerprint density at radius 2 is 1.11 bits per heavy atom. The van der Waals surface area contributed by atoms with E-state index in [1.165, 1.54) is 42.2 Å². The van der Waals surface area contributed by atoms with E-state index in [2.05, 4.69) is 194 Å². The van der Waals surface area contributed by atoms with Crippen molar-refractivity contribution in [1.82, 2.24) is 19.5 Å². The third-order valence-corrected chi connectivity index (χ3v) is 14.0. The lowest BCUT2D eigenvalue weighted by Crippen LogP contribution is -2.06. The highest BCUT2D eigenvalue weighted by Gasteiger charge is 2.25. The molecule has 0 amide bonds. The highest BCUT2D eigenvalue weighted by atomic mass is 32.1. The van der Waals surface area contributed by atoms with E-state index in [9.17, 15) is 0 Å². The van der Waals surface area contributed by atoms with E-state index in [0.717, 1.165) is 73.0 Å². The Labute approximate surface area is 373 Å². The quantitative estimate of drug-likeness (QED) is 0.167. The summed E-state index contributed by atoms with van der Waals surface area (Å²) in [6.45, 7) is 2.27. The summed E-state index contributed by atoms with van der Waals surface area (Å²) in [5.41, 5.74) is 13.2. The van der Waals surface area contributed by atoms with Crippen molar-refractivity contribution in [2.24, 2.45) is 5.92 Å². The van der Waals surface area contributed by atoms with Crippen molar-refractivity contribution in [2.75, 3.05) is 0 Å². The number of furan rings is 1. The molecule has 302 valence electrons. The SMILES string of the molecule is CC1C=Cc2oc3ccc(-c4cc5c6ccccc6n(-c6nc(-c7ccc(-c8ccccc8)cc7)nc(-c7ccc(-c8ccccc8)cc7)n6)c5c5sc6ccccc6c45)cc3c2C1. The second kappa shape index (κ2) is 14.6. The second-order valence-electron chi connectivity index (χ2n) is 16.8. The molecule has 64 heavy (non-hydrogen) atoms. The number of para-hydroxylation sites is 1. The first-order valence-corrected chi connectivity index (χ1v) is 22.6. The summed E-state index contributed by atoms with van der Waals surface area (Å²) in [6.07, 6.45) is 5.36. The van der Waals surface area contributed by atoms with E-state index in [-0.39, 0.29) is 0 Å². The van der Waals surface area contributed by atoms with Gasteiger partial charge in [-0.05, 0) is 82.1 Å². The fourth-order valence-electron chi connectivity index (χ4n) is 9.70. The molecule has 13 rings (SSSR count). The van der Waals surface area contributed by atoms with Gasteiger partial charge in [-0.2, -0.15) is 9.97 Å². The molecular formula is C58H38N4OS. The van der Waals surface area contributed by atoms with Gasteiger partial charge < -0.3 is 4.42 Å². The van der Waals surface area contributed by atoms with Crippen molar-refractivity contribution in [3.63, 3.8) is 0 Å². The molecule has 4 aromatic heterocycles. The predicted molar refractivity (Wildman–Crippen MR) is 266 cm³/mol. The maximum atomic E-state index is 6.38. The number of thiophene rings is 1. The zero-order valence-electron chi connectivity index (χ0n) is 34.9. The Bertz CT molecular complexity index is 3700. The molecule has 0 saturated heterocycles. The minimum Gasteiger partial charge on any atom is -0.456 e. The molecule has 6 heteroatoms. The Hall–Kier alpha value is -7.93. The zero-order valence-corrected chi connectivity index (χ0v) is 35.7. The van der Waals surface area contributed by atoms with Crippen LogP contribution in [-0.4, -0.2) is 19.5 Å². The number of hydrogen-bond acceptors (Lipinski definition) is 5. The lowest BCUT2D eigenvalue weighted by Gasteiger charge is -2.13. The third kappa shape index (κ3) is 5.94. The van der Waals surface area contributed by atoms with Gasteiger partial charge in [0, 0.05) is 48.3 Å². The summed E-state index contributed by atoms with van der Waals surface area (Å²) >= 11 is 1.83. The van der Waals surface area contributed by atoms with Crippen molar-refractivity contribution >= 4 is 70.4 Å². The van der Waals surface area contributed by atoms with Gasteiger partial charge in [-0.15, -0.1) is 11.3 Å². The van der Waals surface area contributed by atoms with Gasteiger partial charge in [0.2, 0.25) is 5.95 Å². The minimum absolute atomic E-state index is 0.464. The molecule has 12 aromatic rings. The van der Waals surface area contributed by atoms with Crippen molar-refractivity contribution in [3.8, 4) is 62.1 Å². The van der Waals surface area contributed by atoms with Crippen molar-refractivity contribution in [3.05, 3.63) is 199 Å². The van der Waals surface area contributed by atoms with Crippen LogP contribution in [-0.2, 0) is 6.42 Å². The molecule has 1 aliphatic carbocycles. The van der Waals surface area contributed by atoms with Crippen LogP contribution in [0, 0.1) is 5.92 Å². The van der Waals surface area contributed by atoms with Gasteiger partial charge in [0.1, 0.15) is 11.3 Å². The maximum absolute atomic E-state index is 6.38. The van der Waals surface area contributed by atoms with Crippen LogP contribution in [0.1, 0.15) is 18.2 Å². The lowest BCUT2D eigenvalue weighted by atomic mass is 9.91. The van der Waals surface area contributed by atoms with Gasteiger partial charge in [-0.25, -0.2) is 4.98 Å². The molecule has 0 spiro atoms. The number of nitrogens with zero attached hydrogens (tertiary/aromatic N) is 4. The Morgan fingerprint density at radius 3 is 1.80 bits per heavy atom. The van der Waals surface area contributed by atoms with Crippen LogP contribution in [0.4, 0.5) is 0 Å². The molecule has 1 atom stereocenters. The minimum atomic E-state index is 0.464. The van der Waals surface area contributed by atoms with Gasteiger partial charge in [-0.1, -0.05) is 165 Å². The summed E-state index contributed by atoms with van der Waals surface area (Å²) in [7, 11) is 0. The summed E-state index contributed by atoms with van der Waals surface area (Å²) in [5.74, 6) is 3.24. The fraction of sp³-hybridized carbons (Fsp3) is 0.0517. The number of benzene rings is 8. The molecule has 4 heterocycles. The standard InChI is InChI=1S/C58H38N4OS/c1-35-20-30-50-46(32-35)47-33-42(29-31-51(47)63-50)45-34-48-43-16-8-10-18-49(43)62(54(48)55-53(45)44-17-9-11-19-52(44)64-55)58-60-56(40-25-21-38(22-26-40)36-12-4-2-5-13-36)59-57(61-58)41-27-23-39(24-28-41)37-14-6-3-7-15-37/h2-31,33-35H,32H2,1H3. The van der Waals surface area contributed by atoms with E-state index in [4.69, 9.17) is 19.4 Å². The Kier molecular flexibility index (Phi) is 8.36. The monoisotopic (exact) mass is 838 g/mol. The molecule has 0 fully saturated rings. The number of hydrogen-bond donors (Lipinski definition) is 0. The number of rotatable bonds is 6. The molecule has 1 unspecified atom stereocenters. The smallest absolute Gasteiger partial charge is 0.238 e. The average Bonchev–Trinajstić information content (AvgIpc) is 4.04. The lowest BCUT2D eigenvalue weighted by molar-refractivity contribution is 0.584. The zero-order chi connectivity index (χ0) is 42.3. The molecule has 0 saturated carbocycles. The van der Waals surface area contributed by atoms with Crippen molar-refractivity contribution < 1.29 is 4.42 Å². The van der Waals surface area contributed by atoms with E-state index in [1.807, 2.05) is 23.5 Å². The number of allylic oxidation sites excluding steroid dienone is 1. The Morgan fingerprint density at radius 1 is 0.531 bits per heavy atom. The molecule has 0 N–H and O–H groups in total. The van der Waals surface area contributed by atoms with E-state index in [0.29, 0.717) is 23.5 Å². The van der Waals surface area contributed by atoms with Crippen LogP contribution in [0.2, 0.25) is 0 Å². The van der Waals surface area contributed by atoms with Gasteiger partial charge >= 0.3 is 0 Å². The van der Waals surface area contributed by atoms with Gasteiger partial charge in [0.15, 0.2) is 11.6 Å². The van der Waals surface area contributed by atoms with Crippen LogP contribution in [0.25, 0.3) is 121 Å². The van der Waals surface area contributed by atoms with Crippen LogP contribution >= 0.6 is 11.3 Å². The molecule has 0 bridgehead atoms. The van der Waals surface area contributed by atoms with Crippen molar-refractivity contribution in [2.45, 2.75) is 13.3 Å². The second-order valence-corrected chi connectivity index (χ2v) is 17.9. The fourth-order valence-corrected chi connectivity index (χ4v) is 11.0. The largest absolute Gasteiger partial charge is 0.456 e. The number of fused-ring (bicyclic) bond motifs is 10. The molecular weight excluding hydrogens is 801 g/mol. The van der Waals surface area contributed by atoms with Gasteiger partial charge in [0.05, 0.1) is 15.7 Å². The normalized spacial score (nSPS) is 13.7. The topological polar surface area (TPSA) is 56.7 Å². The predicted octanol–water partition coefficient (Wildman–Crippen LogP) is 15.6. The molecule has 5 nitrogen and oxygen atoms in total. The molecule has 1 aliphatic rings. The van der Waals surface area contributed by atoms with Gasteiger partial charge in [0.25, 0.3) is 0 Å². The average molecular weight is 839 g/mol. The van der Waals surface area contributed by atoms with Crippen LogP contribution < -0.4 is 0 Å². The van der Waals surface area contributed by atoms with E-state index < -0.39 is 0 Å². The van der Waals surface area contributed by atoms with Crippen molar-refractivity contribution in [1.29, 1.82) is 0 Å². The van der Waals surface area contributed by atoms with E-state index >= 15 is 0 Å². The highest BCUT2D eigenvalue weighted by Crippen LogP contribution is 2.48. The Balaban J connectivity index is 1.06. The summed E-state index contributed by atoms with van der Waals surface area (Å²) in [5, 5.41) is 5.94. The van der Waals surface area contributed by atoms with Gasteiger partial charge in [-0.3, -0.25) is 4.57 Å². The van der Waals surface area contributed by atoms with Crippen LogP contribution in [0.15, 0.2) is 192 Å². The first-order valence-electron chi connectivity index (χ1n) is 21.8. The maximum Gasteiger partial charge on any atom is 0.238 e. The van der Waals surface area contributed by atoms with E-state index in [1.54, 1.807) is 0 Å². The van der Waals surface area contributed by atoms with Crippen LogP contribution in [0.3, 0.4) is 0 Å². The first kappa shape index (κ1) is 36.7. The summed E-state index contributed by atoms with van der Waals surface area (Å²) in [4.78, 5) is 16.0. The number of aromatic nitrogens is 4. The molecule has 0 radical (unpaired) electrons. The summed E-state index contributed by atoms with van der Waals surface area (Å²) < 4.78 is 11.1. The molecule has 0 aliphatic heterocycles.